The molecule has 0 saturated carbocycles. The van der Waals surface area contributed by atoms with Crippen LogP contribution in [0.5, 0.6) is 5.75 Å². The first-order chi connectivity index (χ1) is 8.21. The molecule has 1 N–H and O–H groups in total. The van der Waals surface area contributed by atoms with Gasteiger partial charge in [0.15, 0.2) is 0 Å². The van der Waals surface area contributed by atoms with E-state index < -0.39 is 0 Å². The van der Waals surface area contributed by atoms with Gasteiger partial charge in [0.2, 0.25) is 0 Å². The second kappa shape index (κ2) is 7.72. The Bertz CT molecular complexity index is 341. The third-order valence-electron chi connectivity index (χ3n) is 3.02. The smallest absolute Gasteiger partial charge is 0.119 e. The van der Waals surface area contributed by atoms with Crippen molar-refractivity contribution >= 4 is 15.9 Å². The number of methoxy groups -OCH3 is 1. The lowest BCUT2D eigenvalue weighted by Crippen LogP contribution is -2.23. The minimum absolute atomic E-state index is 0.679. The van der Waals surface area contributed by atoms with Crippen molar-refractivity contribution in [3.63, 3.8) is 0 Å². The average molecular weight is 300 g/mol. The van der Waals surface area contributed by atoms with E-state index in [1.54, 1.807) is 7.11 Å². The van der Waals surface area contributed by atoms with E-state index in [9.17, 15) is 0 Å². The van der Waals surface area contributed by atoms with Gasteiger partial charge in [-0.2, -0.15) is 0 Å². The zero-order valence-electron chi connectivity index (χ0n) is 10.9. The van der Waals surface area contributed by atoms with Gasteiger partial charge in [-0.1, -0.05) is 36.2 Å². The number of nitrogens with one attached hydrogen (secondary N) is 1. The molecule has 0 amide bonds. The minimum atomic E-state index is 0.679. The summed E-state index contributed by atoms with van der Waals surface area (Å²) in [7, 11) is 1.71. The van der Waals surface area contributed by atoms with Crippen molar-refractivity contribution in [1.82, 2.24) is 5.32 Å². The van der Waals surface area contributed by atoms with Crippen LogP contribution in [0.3, 0.4) is 0 Å². The van der Waals surface area contributed by atoms with Crippen LogP contribution in [0.15, 0.2) is 22.7 Å². The first-order valence-electron chi connectivity index (χ1n) is 6.24. The van der Waals surface area contributed by atoms with Crippen molar-refractivity contribution < 1.29 is 4.74 Å². The van der Waals surface area contributed by atoms with E-state index in [1.165, 1.54) is 16.5 Å². The van der Waals surface area contributed by atoms with Crippen LogP contribution in [0.25, 0.3) is 0 Å². The molecule has 96 valence electrons. The molecule has 1 aromatic carbocycles. The highest BCUT2D eigenvalue weighted by atomic mass is 79.9. The topological polar surface area (TPSA) is 21.3 Å². The van der Waals surface area contributed by atoms with Crippen molar-refractivity contribution in [3.05, 3.63) is 28.2 Å². The fourth-order valence-corrected chi connectivity index (χ4v) is 2.26. The first-order valence-corrected chi connectivity index (χ1v) is 7.03. The van der Waals surface area contributed by atoms with Crippen LogP contribution >= 0.6 is 15.9 Å². The largest absolute Gasteiger partial charge is 0.497 e. The summed E-state index contributed by atoms with van der Waals surface area (Å²) in [4.78, 5) is 0. The summed E-state index contributed by atoms with van der Waals surface area (Å²) in [5.41, 5.74) is 1.33. The molecule has 0 radical (unpaired) electrons. The number of halogens is 1. The SMILES string of the molecule is CCNCC(CC)Cc1cc(OC)ccc1Br. The third kappa shape index (κ3) is 4.68. The van der Waals surface area contributed by atoms with E-state index in [1.807, 2.05) is 6.07 Å². The molecular weight excluding hydrogens is 278 g/mol. The number of hydrogen-bond acceptors (Lipinski definition) is 2. The molecule has 0 heterocycles. The molecule has 0 fully saturated rings. The highest BCUT2D eigenvalue weighted by Gasteiger charge is 2.10. The maximum atomic E-state index is 5.27. The Morgan fingerprint density at radius 1 is 1.35 bits per heavy atom. The summed E-state index contributed by atoms with van der Waals surface area (Å²) >= 11 is 3.61. The van der Waals surface area contributed by atoms with E-state index >= 15 is 0 Å². The summed E-state index contributed by atoms with van der Waals surface area (Å²) in [6.45, 7) is 6.51. The first kappa shape index (κ1) is 14.5. The molecule has 17 heavy (non-hydrogen) atoms. The van der Waals surface area contributed by atoms with Crippen molar-refractivity contribution in [3.8, 4) is 5.75 Å². The molecule has 1 aromatic rings. The van der Waals surface area contributed by atoms with Gasteiger partial charge in [-0.3, -0.25) is 0 Å². The maximum Gasteiger partial charge on any atom is 0.119 e. The third-order valence-corrected chi connectivity index (χ3v) is 3.80. The van der Waals surface area contributed by atoms with Crippen molar-refractivity contribution in [2.75, 3.05) is 20.2 Å². The highest BCUT2D eigenvalue weighted by Crippen LogP contribution is 2.25. The van der Waals surface area contributed by atoms with Crippen LogP contribution in [0, 0.1) is 5.92 Å². The lowest BCUT2D eigenvalue weighted by atomic mass is 9.96. The van der Waals surface area contributed by atoms with E-state index in [0.29, 0.717) is 5.92 Å². The summed E-state index contributed by atoms with van der Waals surface area (Å²) in [6.07, 6.45) is 2.28. The normalized spacial score (nSPS) is 12.5. The molecule has 2 nitrogen and oxygen atoms in total. The summed E-state index contributed by atoms with van der Waals surface area (Å²) < 4.78 is 6.44. The average Bonchev–Trinajstić information content (AvgIpc) is 2.36. The van der Waals surface area contributed by atoms with E-state index in [2.05, 4.69) is 47.2 Å². The fraction of sp³-hybridized carbons (Fsp3) is 0.571. The Morgan fingerprint density at radius 2 is 2.12 bits per heavy atom. The summed E-state index contributed by atoms with van der Waals surface area (Å²) in [5, 5.41) is 3.42. The van der Waals surface area contributed by atoms with Crippen LogP contribution in [-0.4, -0.2) is 20.2 Å². The molecule has 1 rings (SSSR count). The van der Waals surface area contributed by atoms with Crippen LogP contribution in [0.1, 0.15) is 25.8 Å². The van der Waals surface area contributed by atoms with E-state index in [0.717, 1.165) is 25.3 Å². The van der Waals surface area contributed by atoms with Gasteiger partial charge in [0.05, 0.1) is 7.11 Å². The molecule has 0 aliphatic rings. The van der Waals surface area contributed by atoms with Crippen molar-refractivity contribution in [2.24, 2.45) is 5.92 Å². The Labute approximate surface area is 113 Å². The van der Waals surface area contributed by atoms with Crippen LogP contribution < -0.4 is 10.1 Å². The zero-order valence-corrected chi connectivity index (χ0v) is 12.5. The summed E-state index contributed by atoms with van der Waals surface area (Å²) in [5.74, 6) is 1.61. The molecule has 0 aromatic heterocycles. The fourth-order valence-electron chi connectivity index (χ4n) is 1.85. The van der Waals surface area contributed by atoms with Gasteiger partial charge in [-0.15, -0.1) is 0 Å². The Hall–Kier alpha value is -0.540. The van der Waals surface area contributed by atoms with Gasteiger partial charge in [0.25, 0.3) is 0 Å². The predicted molar refractivity (Wildman–Crippen MR) is 76.7 cm³/mol. The van der Waals surface area contributed by atoms with Gasteiger partial charge in [0.1, 0.15) is 5.75 Å². The molecule has 0 aliphatic heterocycles. The number of rotatable bonds is 7. The van der Waals surface area contributed by atoms with Gasteiger partial charge >= 0.3 is 0 Å². The van der Waals surface area contributed by atoms with Gasteiger partial charge < -0.3 is 10.1 Å². The standard InChI is InChI=1S/C14H22BrNO/c1-4-11(10-16-5-2)8-12-9-13(17-3)6-7-14(12)15/h6-7,9,11,16H,4-5,8,10H2,1-3H3. The van der Waals surface area contributed by atoms with Gasteiger partial charge in [0, 0.05) is 4.47 Å². The Morgan fingerprint density at radius 3 is 2.71 bits per heavy atom. The molecule has 3 heteroatoms. The molecule has 0 saturated heterocycles. The Kier molecular flexibility index (Phi) is 6.60. The monoisotopic (exact) mass is 299 g/mol. The molecular formula is C14H22BrNO. The molecule has 1 atom stereocenters. The molecule has 0 aliphatic carbocycles. The Balaban J connectivity index is 2.70. The quantitative estimate of drug-likeness (QED) is 0.830. The van der Waals surface area contributed by atoms with E-state index in [-0.39, 0.29) is 0 Å². The number of benzene rings is 1. The molecule has 1 unspecified atom stereocenters. The number of hydrogen-bond donors (Lipinski definition) is 1. The lowest BCUT2D eigenvalue weighted by molar-refractivity contribution is 0.412. The van der Waals surface area contributed by atoms with Crippen LogP contribution in [-0.2, 0) is 6.42 Å². The minimum Gasteiger partial charge on any atom is -0.497 e. The van der Waals surface area contributed by atoms with Crippen molar-refractivity contribution in [2.45, 2.75) is 26.7 Å². The van der Waals surface area contributed by atoms with Crippen molar-refractivity contribution in [1.29, 1.82) is 0 Å². The second-order valence-corrected chi connectivity index (χ2v) is 5.10. The van der Waals surface area contributed by atoms with Gasteiger partial charge in [-0.05, 0) is 49.2 Å². The highest BCUT2D eigenvalue weighted by molar-refractivity contribution is 9.10. The predicted octanol–water partition coefficient (Wildman–Crippen LogP) is 3.64. The van der Waals surface area contributed by atoms with Crippen LogP contribution in [0.2, 0.25) is 0 Å². The van der Waals surface area contributed by atoms with E-state index in [4.69, 9.17) is 4.74 Å². The zero-order chi connectivity index (χ0) is 12.7. The maximum absolute atomic E-state index is 5.27. The molecule has 0 spiro atoms. The molecule has 0 bridgehead atoms. The number of ether oxygens (including phenoxy) is 1. The second-order valence-electron chi connectivity index (χ2n) is 4.24. The summed E-state index contributed by atoms with van der Waals surface area (Å²) in [6, 6.07) is 6.17. The van der Waals surface area contributed by atoms with Crippen LogP contribution in [0.4, 0.5) is 0 Å². The lowest BCUT2D eigenvalue weighted by Gasteiger charge is -2.16. The van der Waals surface area contributed by atoms with Gasteiger partial charge in [-0.25, -0.2) is 0 Å².